The Hall–Kier alpha value is -2.86. The van der Waals surface area contributed by atoms with E-state index >= 15 is 0 Å². The standard InChI is InChI=1S/C11H10N6/c12-6-5-8-1-3-9(4-2-8)16-17-10(7-13)11(14)15/h1-4,16H,5H2,(H3,14,15)/b17-10+. The van der Waals surface area contributed by atoms with E-state index in [1.807, 2.05) is 6.07 Å². The van der Waals surface area contributed by atoms with Gasteiger partial charge in [-0.15, -0.1) is 0 Å². The third kappa shape index (κ3) is 3.65. The Kier molecular flexibility index (Phi) is 4.23. The van der Waals surface area contributed by atoms with E-state index in [0.29, 0.717) is 12.1 Å². The molecule has 0 heterocycles. The second kappa shape index (κ2) is 5.89. The first kappa shape index (κ1) is 12.2. The zero-order chi connectivity index (χ0) is 12.7. The van der Waals surface area contributed by atoms with Gasteiger partial charge in [0.2, 0.25) is 5.71 Å². The number of nitrogens with one attached hydrogen (secondary N) is 2. The van der Waals surface area contributed by atoms with E-state index in [1.54, 1.807) is 30.3 Å². The quantitative estimate of drug-likeness (QED) is 0.402. The average molecular weight is 226 g/mol. The number of amidine groups is 1. The number of nitrogens with zero attached hydrogens (tertiary/aromatic N) is 3. The maximum absolute atomic E-state index is 8.61. The molecule has 6 nitrogen and oxygen atoms in total. The van der Waals surface area contributed by atoms with E-state index in [-0.39, 0.29) is 11.5 Å². The Bertz CT molecular complexity index is 514. The van der Waals surface area contributed by atoms with Crippen molar-refractivity contribution < 1.29 is 0 Å². The largest absolute Gasteiger partial charge is 0.382 e. The molecule has 0 saturated carbocycles. The van der Waals surface area contributed by atoms with Gasteiger partial charge >= 0.3 is 0 Å². The molecule has 1 rings (SSSR count). The molecule has 0 atom stereocenters. The Labute approximate surface area is 98.5 Å². The molecule has 0 unspecified atom stereocenters. The van der Waals surface area contributed by atoms with Crippen LogP contribution in [0.3, 0.4) is 0 Å². The molecule has 0 aliphatic heterocycles. The highest BCUT2D eigenvalue weighted by atomic mass is 15.3. The van der Waals surface area contributed by atoms with Crippen LogP contribution in [0.1, 0.15) is 5.56 Å². The van der Waals surface area contributed by atoms with Crippen LogP contribution in [-0.4, -0.2) is 11.5 Å². The van der Waals surface area contributed by atoms with Crippen molar-refractivity contribution in [3.05, 3.63) is 29.8 Å². The molecule has 0 aliphatic rings. The normalized spacial score (nSPS) is 10.1. The van der Waals surface area contributed by atoms with Gasteiger partial charge in [-0.2, -0.15) is 15.6 Å². The lowest BCUT2D eigenvalue weighted by molar-refractivity contribution is 1.25. The summed E-state index contributed by atoms with van der Waals surface area (Å²) in [6, 6.07) is 10.8. The Morgan fingerprint density at radius 3 is 2.47 bits per heavy atom. The number of anilines is 1. The van der Waals surface area contributed by atoms with Gasteiger partial charge in [0, 0.05) is 0 Å². The molecule has 0 aliphatic carbocycles. The molecule has 0 aromatic heterocycles. The first-order valence-corrected chi connectivity index (χ1v) is 4.71. The molecular formula is C11H10N6. The maximum atomic E-state index is 8.61. The highest BCUT2D eigenvalue weighted by molar-refractivity contribution is 6.45. The predicted octanol–water partition coefficient (Wildman–Crippen LogP) is 0.980. The monoisotopic (exact) mass is 226 g/mol. The van der Waals surface area contributed by atoms with E-state index in [2.05, 4.69) is 10.5 Å². The first-order chi connectivity index (χ1) is 8.17. The van der Waals surface area contributed by atoms with Crippen molar-refractivity contribution in [2.24, 2.45) is 10.8 Å². The molecule has 17 heavy (non-hydrogen) atoms. The van der Waals surface area contributed by atoms with Crippen molar-refractivity contribution >= 4 is 17.2 Å². The molecule has 1 aromatic rings. The highest BCUT2D eigenvalue weighted by Crippen LogP contribution is 2.09. The zero-order valence-corrected chi connectivity index (χ0v) is 8.94. The molecule has 0 bridgehead atoms. The Balaban J connectivity index is 2.74. The lowest BCUT2D eigenvalue weighted by atomic mass is 10.1. The van der Waals surface area contributed by atoms with Gasteiger partial charge in [0.05, 0.1) is 18.2 Å². The van der Waals surface area contributed by atoms with Crippen LogP contribution in [0.5, 0.6) is 0 Å². The van der Waals surface area contributed by atoms with E-state index in [9.17, 15) is 0 Å². The molecule has 84 valence electrons. The summed E-state index contributed by atoms with van der Waals surface area (Å²) in [5.41, 5.74) is 9.11. The summed E-state index contributed by atoms with van der Waals surface area (Å²) < 4.78 is 0. The minimum absolute atomic E-state index is 0.175. The molecule has 4 N–H and O–H groups in total. The fourth-order valence-electron chi connectivity index (χ4n) is 1.05. The van der Waals surface area contributed by atoms with Crippen LogP contribution in [0, 0.1) is 28.1 Å². The van der Waals surface area contributed by atoms with Crippen molar-refractivity contribution in [1.29, 1.82) is 15.9 Å². The number of nitriles is 2. The summed E-state index contributed by atoms with van der Waals surface area (Å²) in [6.45, 7) is 0. The molecule has 0 radical (unpaired) electrons. The lowest BCUT2D eigenvalue weighted by Crippen LogP contribution is -2.21. The topological polar surface area (TPSA) is 122 Å². The van der Waals surface area contributed by atoms with Crippen LogP contribution in [0.4, 0.5) is 5.69 Å². The molecule has 0 amide bonds. The fraction of sp³-hybridized carbons (Fsp3) is 0.0909. The van der Waals surface area contributed by atoms with Gasteiger partial charge in [0.1, 0.15) is 6.07 Å². The van der Waals surface area contributed by atoms with Crippen molar-refractivity contribution in [1.82, 2.24) is 0 Å². The second-order valence-corrected chi connectivity index (χ2v) is 3.13. The van der Waals surface area contributed by atoms with Gasteiger partial charge in [0.15, 0.2) is 5.84 Å². The Morgan fingerprint density at radius 2 is 2.00 bits per heavy atom. The van der Waals surface area contributed by atoms with Gasteiger partial charge < -0.3 is 5.73 Å². The number of benzene rings is 1. The molecule has 0 fully saturated rings. The van der Waals surface area contributed by atoms with Gasteiger partial charge in [0.25, 0.3) is 0 Å². The summed E-state index contributed by atoms with van der Waals surface area (Å²) >= 11 is 0. The predicted molar refractivity (Wildman–Crippen MR) is 64.3 cm³/mol. The number of rotatable bonds is 4. The van der Waals surface area contributed by atoms with Crippen LogP contribution >= 0.6 is 0 Å². The maximum Gasteiger partial charge on any atom is 0.201 e. The van der Waals surface area contributed by atoms with E-state index in [0.717, 1.165) is 5.56 Å². The molecule has 0 spiro atoms. The third-order valence-corrected chi connectivity index (χ3v) is 1.89. The van der Waals surface area contributed by atoms with Crippen molar-refractivity contribution in [3.8, 4) is 12.1 Å². The second-order valence-electron chi connectivity index (χ2n) is 3.13. The van der Waals surface area contributed by atoms with Crippen LogP contribution in [0.25, 0.3) is 0 Å². The van der Waals surface area contributed by atoms with Gasteiger partial charge in [-0.3, -0.25) is 10.8 Å². The SMILES string of the molecule is N#CCc1ccc(N/N=C(\C#N)C(=N)N)cc1. The summed E-state index contributed by atoms with van der Waals surface area (Å²) in [6.07, 6.45) is 0.348. The number of hydrogen-bond donors (Lipinski definition) is 3. The molecule has 1 aromatic carbocycles. The van der Waals surface area contributed by atoms with E-state index < -0.39 is 0 Å². The van der Waals surface area contributed by atoms with Crippen LogP contribution in [0.15, 0.2) is 29.4 Å². The van der Waals surface area contributed by atoms with Gasteiger partial charge in [-0.05, 0) is 17.7 Å². The van der Waals surface area contributed by atoms with Crippen molar-refractivity contribution in [2.45, 2.75) is 6.42 Å². The third-order valence-electron chi connectivity index (χ3n) is 1.89. The average Bonchev–Trinajstić information content (AvgIpc) is 2.32. The first-order valence-electron chi connectivity index (χ1n) is 4.71. The van der Waals surface area contributed by atoms with Gasteiger partial charge in [-0.25, -0.2) is 0 Å². The van der Waals surface area contributed by atoms with Crippen molar-refractivity contribution in [2.75, 3.05) is 5.43 Å². The van der Waals surface area contributed by atoms with Gasteiger partial charge in [-0.1, -0.05) is 12.1 Å². The molecule has 6 heteroatoms. The number of hydrazone groups is 1. The summed E-state index contributed by atoms with van der Waals surface area (Å²) in [5.74, 6) is -0.388. The smallest absolute Gasteiger partial charge is 0.201 e. The summed E-state index contributed by atoms with van der Waals surface area (Å²) in [7, 11) is 0. The minimum atomic E-state index is -0.388. The van der Waals surface area contributed by atoms with Crippen LogP contribution in [0.2, 0.25) is 0 Å². The van der Waals surface area contributed by atoms with Crippen LogP contribution in [-0.2, 0) is 6.42 Å². The van der Waals surface area contributed by atoms with Crippen LogP contribution < -0.4 is 11.2 Å². The lowest BCUT2D eigenvalue weighted by Gasteiger charge is -2.01. The minimum Gasteiger partial charge on any atom is -0.382 e. The number of hydrogen-bond acceptors (Lipinski definition) is 5. The Morgan fingerprint density at radius 1 is 1.35 bits per heavy atom. The highest BCUT2D eigenvalue weighted by Gasteiger charge is 2.00. The van der Waals surface area contributed by atoms with Crippen molar-refractivity contribution in [3.63, 3.8) is 0 Å². The molecular weight excluding hydrogens is 216 g/mol. The summed E-state index contributed by atoms with van der Waals surface area (Å²) in [4.78, 5) is 0. The molecule has 0 saturated heterocycles. The number of nitrogens with two attached hydrogens (primary N) is 1. The van der Waals surface area contributed by atoms with E-state index in [4.69, 9.17) is 21.7 Å². The zero-order valence-electron chi connectivity index (χ0n) is 8.94. The van der Waals surface area contributed by atoms with E-state index in [1.165, 1.54) is 0 Å². The summed E-state index contributed by atoms with van der Waals surface area (Å²) in [5, 5.41) is 27.8. The fourth-order valence-corrected chi connectivity index (χ4v) is 1.05.